The third-order valence-electron chi connectivity index (χ3n) is 2.44. The summed E-state index contributed by atoms with van der Waals surface area (Å²) in [6, 6.07) is 7.13. The number of carboxylic acids is 1. The summed E-state index contributed by atoms with van der Waals surface area (Å²) in [6.45, 7) is 0.108. The number of carbonyl (C=O) groups is 2. The second kappa shape index (κ2) is 4.22. The van der Waals surface area contributed by atoms with Crippen molar-refractivity contribution in [1.82, 2.24) is 0 Å². The van der Waals surface area contributed by atoms with Crippen LogP contribution in [0.3, 0.4) is 0 Å². The standard InChI is InChI=1S/C11H12N2O3/c14-10-5-6-12-8-3-1-2-4-9(8)13(10)7-11(15)16/h1-4,12H,5-7H2,(H,15,16)/p-1. The van der Waals surface area contributed by atoms with Crippen LogP contribution in [0.15, 0.2) is 24.3 Å². The number of nitrogens with zero attached hydrogens (tertiary/aromatic N) is 1. The largest absolute Gasteiger partial charge is 0.548 e. The molecule has 0 radical (unpaired) electrons. The summed E-state index contributed by atoms with van der Waals surface area (Å²) < 4.78 is 0. The molecule has 84 valence electrons. The summed E-state index contributed by atoms with van der Waals surface area (Å²) in [6.07, 6.45) is 0.280. The molecule has 1 aromatic carbocycles. The normalized spacial score (nSPS) is 15.0. The molecule has 16 heavy (non-hydrogen) atoms. The fraction of sp³-hybridized carbons (Fsp3) is 0.273. The van der Waals surface area contributed by atoms with Gasteiger partial charge in [-0.3, -0.25) is 4.79 Å². The lowest BCUT2D eigenvalue weighted by molar-refractivity contribution is -0.303. The zero-order chi connectivity index (χ0) is 11.5. The first-order chi connectivity index (χ1) is 7.68. The van der Waals surface area contributed by atoms with E-state index >= 15 is 0 Å². The van der Waals surface area contributed by atoms with Crippen LogP contribution in [0.25, 0.3) is 0 Å². The van der Waals surface area contributed by atoms with Crippen molar-refractivity contribution >= 4 is 23.3 Å². The van der Waals surface area contributed by atoms with Crippen molar-refractivity contribution in [3.63, 3.8) is 0 Å². The van der Waals surface area contributed by atoms with E-state index in [1.807, 2.05) is 12.1 Å². The molecular weight excluding hydrogens is 208 g/mol. The Morgan fingerprint density at radius 3 is 2.94 bits per heavy atom. The lowest BCUT2D eigenvalue weighted by Gasteiger charge is -2.22. The highest BCUT2D eigenvalue weighted by Gasteiger charge is 2.21. The van der Waals surface area contributed by atoms with Gasteiger partial charge in [0.1, 0.15) is 0 Å². The van der Waals surface area contributed by atoms with E-state index in [-0.39, 0.29) is 12.3 Å². The number of hydrogen-bond acceptors (Lipinski definition) is 4. The molecular formula is C11H11N2O3-. The lowest BCUT2D eigenvalue weighted by Crippen LogP contribution is -2.41. The molecule has 0 unspecified atom stereocenters. The molecule has 1 aliphatic heterocycles. The molecule has 0 atom stereocenters. The van der Waals surface area contributed by atoms with Gasteiger partial charge in [0.05, 0.1) is 23.9 Å². The molecule has 0 spiro atoms. The van der Waals surface area contributed by atoms with Gasteiger partial charge in [0.25, 0.3) is 0 Å². The molecule has 5 nitrogen and oxygen atoms in total. The van der Waals surface area contributed by atoms with Crippen LogP contribution in [0.1, 0.15) is 6.42 Å². The number of aliphatic carboxylic acids is 1. The average molecular weight is 219 g/mol. The Kier molecular flexibility index (Phi) is 2.76. The molecule has 1 aromatic rings. The Morgan fingerprint density at radius 2 is 2.19 bits per heavy atom. The number of rotatable bonds is 2. The maximum Gasteiger partial charge on any atom is 0.229 e. The van der Waals surface area contributed by atoms with E-state index in [0.29, 0.717) is 12.2 Å². The van der Waals surface area contributed by atoms with Crippen LogP contribution < -0.4 is 15.3 Å². The Labute approximate surface area is 92.7 Å². The van der Waals surface area contributed by atoms with Crippen LogP contribution in [0, 0.1) is 0 Å². The van der Waals surface area contributed by atoms with Gasteiger partial charge in [-0.15, -0.1) is 0 Å². The van der Waals surface area contributed by atoms with Crippen LogP contribution >= 0.6 is 0 Å². The average Bonchev–Trinajstić information content (AvgIpc) is 2.40. The zero-order valence-electron chi connectivity index (χ0n) is 8.60. The van der Waals surface area contributed by atoms with E-state index in [9.17, 15) is 14.7 Å². The molecule has 1 N–H and O–H groups in total. The highest BCUT2D eigenvalue weighted by atomic mass is 16.4. The van der Waals surface area contributed by atoms with Gasteiger partial charge in [-0.1, -0.05) is 12.1 Å². The number of nitrogens with one attached hydrogen (secondary N) is 1. The van der Waals surface area contributed by atoms with Gasteiger partial charge in [0.15, 0.2) is 0 Å². The van der Waals surface area contributed by atoms with Crippen LogP contribution in [0.5, 0.6) is 0 Å². The number of amides is 1. The quantitative estimate of drug-likeness (QED) is 0.733. The van der Waals surface area contributed by atoms with E-state index in [1.54, 1.807) is 12.1 Å². The van der Waals surface area contributed by atoms with E-state index in [0.717, 1.165) is 5.69 Å². The number of hydrogen-bond donors (Lipinski definition) is 1. The van der Waals surface area contributed by atoms with E-state index in [1.165, 1.54) is 4.90 Å². The molecule has 1 heterocycles. The second-order valence-corrected chi connectivity index (χ2v) is 3.55. The molecule has 0 saturated carbocycles. The van der Waals surface area contributed by atoms with E-state index in [2.05, 4.69) is 5.32 Å². The van der Waals surface area contributed by atoms with Gasteiger partial charge >= 0.3 is 0 Å². The minimum atomic E-state index is -1.26. The third kappa shape index (κ3) is 1.98. The van der Waals surface area contributed by atoms with Gasteiger partial charge in [-0.25, -0.2) is 0 Å². The van der Waals surface area contributed by atoms with Crippen molar-refractivity contribution in [2.75, 3.05) is 23.3 Å². The second-order valence-electron chi connectivity index (χ2n) is 3.55. The molecule has 1 aliphatic rings. The first-order valence-corrected chi connectivity index (χ1v) is 5.01. The fourth-order valence-corrected chi connectivity index (χ4v) is 1.73. The Bertz CT molecular complexity index is 431. The topological polar surface area (TPSA) is 72.5 Å². The number of anilines is 2. The van der Waals surface area contributed by atoms with Crippen molar-refractivity contribution in [2.24, 2.45) is 0 Å². The zero-order valence-corrected chi connectivity index (χ0v) is 8.60. The van der Waals surface area contributed by atoms with Crippen LogP contribution in [-0.4, -0.2) is 25.0 Å². The minimum Gasteiger partial charge on any atom is -0.548 e. The summed E-state index contributed by atoms with van der Waals surface area (Å²) in [7, 11) is 0. The summed E-state index contributed by atoms with van der Waals surface area (Å²) in [5.74, 6) is -1.47. The van der Waals surface area contributed by atoms with Gasteiger partial charge in [0.2, 0.25) is 5.91 Å². The smallest absolute Gasteiger partial charge is 0.229 e. The molecule has 0 aromatic heterocycles. The van der Waals surface area contributed by atoms with Crippen molar-refractivity contribution < 1.29 is 14.7 Å². The summed E-state index contributed by atoms with van der Waals surface area (Å²) in [5, 5.41) is 13.7. The van der Waals surface area contributed by atoms with Crippen LogP contribution in [-0.2, 0) is 9.59 Å². The molecule has 0 bridgehead atoms. The monoisotopic (exact) mass is 219 g/mol. The van der Waals surface area contributed by atoms with Crippen molar-refractivity contribution in [3.05, 3.63) is 24.3 Å². The number of fused-ring (bicyclic) bond motifs is 1. The van der Waals surface area contributed by atoms with Crippen LogP contribution in [0.4, 0.5) is 11.4 Å². The van der Waals surface area contributed by atoms with E-state index in [4.69, 9.17) is 0 Å². The summed E-state index contributed by atoms with van der Waals surface area (Å²) in [4.78, 5) is 23.6. The maximum absolute atomic E-state index is 11.7. The summed E-state index contributed by atoms with van der Waals surface area (Å²) >= 11 is 0. The van der Waals surface area contributed by atoms with Gasteiger partial charge < -0.3 is 20.1 Å². The SMILES string of the molecule is O=C([O-])CN1C(=O)CCNc2ccccc21. The predicted molar refractivity (Wildman–Crippen MR) is 56.9 cm³/mol. The van der Waals surface area contributed by atoms with Crippen molar-refractivity contribution in [1.29, 1.82) is 0 Å². The van der Waals surface area contributed by atoms with Gasteiger partial charge in [-0.2, -0.15) is 0 Å². The lowest BCUT2D eigenvalue weighted by atomic mass is 10.2. The molecule has 0 fully saturated rings. The van der Waals surface area contributed by atoms with Crippen molar-refractivity contribution in [2.45, 2.75) is 6.42 Å². The van der Waals surface area contributed by atoms with Gasteiger partial charge in [0, 0.05) is 13.0 Å². The predicted octanol–water partition coefficient (Wildman–Crippen LogP) is -0.415. The Balaban J connectivity index is 2.39. The Morgan fingerprint density at radius 1 is 1.44 bits per heavy atom. The van der Waals surface area contributed by atoms with Crippen molar-refractivity contribution in [3.8, 4) is 0 Å². The first kappa shape index (κ1) is 10.5. The molecule has 0 saturated heterocycles. The molecule has 2 rings (SSSR count). The first-order valence-electron chi connectivity index (χ1n) is 5.01. The highest BCUT2D eigenvalue weighted by Crippen LogP contribution is 2.27. The summed E-state index contributed by atoms with van der Waals surface area (Å²) in [5.41, 5.74) is 1.36. The molecule has 0 aliphatic carbocycles. The van der Waals surface area contributed by atoms with Gasteiger partial charge in [-0.05, 0) is 12.1 Å². The number of carboxylic acid groups (broad SMARTS) is 1. The third-order valence-corrected chi connectivity index (χ3v) is 2.44. The number of carbonyl (C=O) groups excluding carboxylic acids is 2. The number of benzene rings is 1. The van der Waals surface area contributed by atoms with Crippen LogP contribution in [0.2, 0.25) is 0 Å². The molecule has 1 amide bonds. The Hall–Kier alpha value is -2.04. The minimum absolute atomic E-state index is 0.207. The fourth-order valence-electron chi connectivity index (χ4n) is 1.73. The number of para-hydroxylation sites is 2. The maximum atomic E-state index is 11.7. The van der Waals surface area contributed by atoms with E-state index < -0.39 is 12.5 Å². The highest BCUT2D eigenvalue weighted by molar-refractivity contribution is 6.01. The molecule has 5 heteroatoms.